The zero-order valence-corrected chi connectivity index (χ0v) is 14.2. The zero-order chi connectivity index (χ0) is 16.2. The van der Waals surface area contributed by atoms with Crippen LogP contribution in [0.15, 0.2) is 11.6 Å². The molecule has 0 aromatic heterocycles. The molecular weight excluding hydrogens is 284 g/mol. The SMILES string of the molecule is C#CC[C@]12CCC(=O)C=C1CC[C@@H]1[C@@H]2CC[C@]2(C)[C@@H](O)CC[C@@H]12. The van der Waals surface area contributed by atoms with Crippen molar-refractivity contribution in [1.82, 2.24) is 0 Å². The van der Waals surface area contributed by atoms with Gasteiger partial charge in [0, 0.05) is 18.3 Å². The number of allylic oxidation sites excluding steroid dienone is 1. The molecule has 0 saturated heterocycles. The molecule has 3 fully saturated rings. The summed E-state index contributed by atoms with van der Waals surface area (Å²) in [5.74, 6) is 5.19. The fourth-order valence-electron chi connectivity index (χ4n) is 6.85. The molecule has 0 aromatic rings. The van der Waals surface area contributed by atoms with E-state index in [2.05, 4.69) is 12.8 Å². The van der Waals surface area contributed by atoms with Crippen LogP contribution in [0.4, 0.5) is 0 Å². The van der Waals surface area contributed by atoms with Crippen LogP contribution in [0.3, 0.4) is 0 Å². The van der Waals surface area contributed by atoms with E-state index in [4.69, 9.17) is 6.42 Å². The molecule has 0 heterocycles. The van der Waals surface area contributed by atoms with Crippen molar-refractivity contribution in [3.05, 3.63) is 11.6 Å². The number of aliphatic hydroxyl groups is 1. The Hall–Kier alpha value is -1.07. The van der Waals surface area contributed by atoms with Crippen molar-refractivity contribution >= 4 is 5.78 Å². The summed E-state index contributed by atoms with van der Waals surface area (Å²) in [5.41, 5.74) is 1.56. The fourth-order valence-corrected chi connectivity index (χ4v) is 6.85. The second-order valence-electron chi connectivity index (χ2n) is 8.73. The summed E-state index contributed by atoms with van der Waals surface area (Å²) in [4.78, 5) is 11.9. The van der Waals surface area contributed by atoms with Gasteiger partial charge in [-0.05, 0) is 74.2 Å². The standard InChI is InChI=1S/C21H28O2/c1-3-10-21-12-8-15(22)13-14(21)4-5-16-17-6-7-19(23)20(17,2)11-9-18(16)21/h1,13,16-19,23H,4-12H2,2H3/t16-,17-,18-,19-,20-,21-/m0/s1. The third-order valence-electron chi connectivity index (χ3n) is 8.05. The Morgan fingerprint density at radius 1 is 1.22 bits per heavy atom. The third kappa shape index (κ3) is 2.02. The minimum absolute atomic E-state index is 0.0838. The number of rotatable bonds is 1. The summed E-state index contributed by atoms with van der Waals surface area (Å²) in [6, 6.07) is 0. The van der Waals surface area contributed by atoms with Crippen molar-refractivity contribution in [1.29, 1.82) is 0 Å². The van der Waals surface area contributed by atoms with Crippen molar-refractivity contribution in [3.63, 3.8) is 0 Å². The van der Waals surface area contributed by atoms with Crippen molar-refractivity contribution in [2.24, 2.45) is 28.6 Å². The first-order chi connectivity index (χ1) is 11.0. The van der Waals surface area contributed by atoms with Crippen LogP contribution in [0, 0.1) is 40.9 Å². The summed E-state index contributed by atoms with van der Waals surface area (Å²) >= 11 is 0. The highest BCUT2D eigenvalue weighted by Gasteiger charge is 2.59. The van der Waals surface area contributed by atoms with Crippen molar-refractivity contribution in [2.75, 3.05) is 0 Å². The van der Waals surface area contributed by atoms with Crippen LogP contribution >= 0.6 is 0 Å². The van der Waals surface area contributed by atoms with Crippen molar-refractivity contribution < 1.29 is 9.90 Å². The molecule has 2 nitrogen and oxygen atoms in total. The Bertz CT molecular complexity index is 597. The second-order valence-corrected chi connectivity index (χ2v) is 8.73. The number of carbonyl (C=O) groups excluding carboxylic acids is 1. The maximum Gasteiger partial charge on any atom is 0.155 e. The highest BCUT2D eigenvalue weighted by atomic mass is 16.3. The van der Waals surface area contributed by atoms with Crippen LogP contribution < -0.4 is 0 Å². The molecule has 0 unspecified atom stereocenters. The largest absolute Gasteiger partial charge is 0.393 e. The summed E-state index contributed by atoms with van der Waals surface area (Å²) < 4.78 is 0. The van der Waals surface area contributed by atoms with Gasteiger partial charge in [0.2, 0.25) is 0 Å². The van der Waals surface area contributed by atoms with Crippen LogP contribution in [-0.2, 0) is 4.79 Å². The van der Waals surface area contributed by atoms with Gasteiger partial charge >= 0.3 is 0 Å². The Morgan fingerprint density at radius 3 is 2.83 bits per heavy atom. The number of carbonyl (C=O) groups is 1. The Morgan fingerprint density at radius 2 is 2.04 bits per heavy atom. The molecule has 124 valence electrons. The number of ketones is 1. The van der Waals surface area contributed by atoms with Gasteiger partial charge in [0.25, 0.3) is 0 Å². The molecule has 4 aliphatic rings. The van der Waals surface area contributed by atoms with E-state index in [1.165, 1.54) is 24.8 Å². The third-order valence-corrected chi connectivity index (χ3v) is 8.05. The Labute approximate surface area is 139 Å². The lowest BCUT2D eigenvalue weighted by molar-refractivity contribution is -0.118. The van der Waals surface area contributed by atoms with E-state index < -0.39 is 0 Å². The van der Waals surface area contributed by atoms with Gasteiger partial charge in [-0.25, -0.2) is 0 Å². The summed E-state index contributed by atoms with van der Waals surface area (Å²) in [6.45, 7) is 2.31. The molecule has 4 rings (SSSR count). The highest BCUT2D eigenvalue weighted by Crippen LogP contribution is 2.66. The van der Waals surface area contributed by atoms with Crippen LogP contribution in [-0.4, -0.2) is 17.0 Å². The number of hydrogen-bond donors (Lipinski definition) is 1. The van der Waals surface area contributed by atoms with E-state index in [0.717, 1.165) is 32.1 Å². The van der Waals surface area contributed by atoms with Gasteiger partial charge in [0.1, 0.15) is 0 Å². The van der Waals surface area contributed by atoms with Crippen LogP contribution in [0.25, 0.3) is 0 Å². The number of aliphatic hydroxyl groups excluding tert-OH is 1. The lowest BCUT2D eigenvalue weighted by Crippen LogP contribution is -2.52. The molecule has 0 spiro atoms. The zero-order valence-electron chi connectivity index (χ0n) is 14.2. The lowest BCUT2D eigenvalue weighted by Gasteiger charge is -2.58. The average molecular weight is 312 g/mol. The summed E-state index contributed by atoms with van der Waals surface area (Å²) in [6.07, 6.45) is 16.6. The quantitative estimate of drug-likeness (QED) is 0.746. The molecule has 3 saturated carbocycles. The maximum atomic E-state index is 11.9. The molecule has 0 aromatic carbocycles. The van der Waals surface area contributed by atoms with Gasteiger partial charge in [-0.1, -0.05) is 12.5 Å². The van der Waals surface area contributed by atoms with Crippen molar-refractivity contribution in [3.8, 4) is 12.3 Å². The predicted octanol–water partition coefficient (Wildman–Crippen LogP) is 3.88. The average Bonchev–Trinajstić information content (AvgIpc) is 2.84. The van der Waals surface area contributed by atoms with E-state index >= 15 is 0 Å². The second kappa shape index (κ2) is 5.21. The monoisotopic (exact) mass is 312 g/mol. The van der Waals surface area contributed by atoms with Gasteiger partial charge in [-0.15, -0.1) is 12.3 Å². The topological polar surface area (TPSA) is 37.3 Å². The van der Waals surface area contributed by atoms with Crippen LogP contribution in [0.1, 0.15) is 64.7 Å². The molecule has 0 radical (unpaired) electrons. The first kappa shape index (κ1) is 15.5. The molecule has 23 heavy (non-hydrogen) atoms. The normalized spacial score (nSPS) is 48.7. The summed E-state index contributed by atoms with van der Waals surface area (Å²) in [7, 11) is 0. The number of terminal acetylenes is 1. The number of hydrogen-bond acceptors (Lipinski definition) is 2. The molecule has 4 aliphatic carbocycles. The first-order valence-electron chi connectivity index (χ1n) is 9.37. The summed E-state index contributed by atoms with van der Waals surface area (Å²) in [5, 5.41) is 10.5. The van der Waals surface area contributed by atoms with Gasteiger partial charge in [0.15, 0.2) is 5.78 Å². The highest BCUT2D eigenvalue weighted by molar-refractivity contribution is 5.91. The maximum absolute atomic E-state index is 11.9. The fraction of sp³-hybridized carbons (Fsp3) is 0.762. The van der Waals surface area contributed by atoms with Gasteiger partial charge in [-0.2, -0.15) is 0 Å². The smallest absolute Gasteiger partial charge is 0.155 e. The molecule has 1 N–H and O–H groups in total. The molecule has 0 aliphatic heterocycles. The minimum Gasteiger partial charge on any atom is -0.393 e. The van der Waals surface area contributed by atoms with E-state index in [9.17, 15) is 9.90 Å². The van der Waals surface area contributed by atoms with Crippen molar-refractivity contribution in [2.45, 2.75) is 70.8 Å². The predicted molar refractivity (Wildman–Crippen MR) is 90.5 cm³/mol. The van der Waals surface area contributed by atoms with E-state index in [1.807, 2.05) is 6.08 Å². The first-order valence-corrected chi connectivity index (χ1v) is 9.37. The van der Waals surface area contributed by atoms with E-state index in [-0.39, 0.29) is 16.9 Å². The van der Waals surface area contributed by atoms with E-state index in [0.29, 0.717) is 30.0 Å². The number of fused-ring (bicyclic) bond motifs is 5. The molecule has 6 atom stereocenters. The van der Waals surface area contributed by atoms with Gasteiger partial charge in [0.05, 0.1) is 6.10 Å². The van der Waals surface area contributed by atoms with Crippen LogP contribution in [0.2, 0.25) is 0 Å². The van der Waals surface area contributed by atoms with Crippen LogP contribution in [0.5, 0.6) is 0 Å². The van der Waals surface area contributed by atoms with E-state index in [1.54, 1.807) is 0 Å². The van der Waals surface area contributed by atoms with Gasteiger partial charge in [-0.3, -0.25) is 4.79 Å². The molecule has 0 amide bonds. The Kier molecular flexibility index (Phi) is 3.50. The molecule has 0 bridgehead atoms. The minimum atomic E-state index is -0.123. The van der Waals surface area contributed by atoms with Gasteiger partial charge < -0.3 is 5.11 Å². The lowest BCUT2D eigenvalue weighted by atomic mass is 9.46. The Balaban J connectivity index is 1.73. The molecule has 2 heteroatoms. The molecular formula is C21H28O2.